The summed E-state index contributed by atoms with van der Waals surface area (Å²) < 4.78 is 9.31. The predicted molar refractivity (Wildman–Crippen MR) is 235 cm³/mol. The third-order valence-electron chi connectivity index (χ3n) is 10.8. The summed E-state index contributed by atoms with van der Waals surface area (Å²) in [4.78, 5) is 7.39. The van der Waals surface area contributed by atoms with Crippen LogP contribution in [-0.4, -0.2) is 10.1 Å². The zero-order valence-corrected chi connectivity index (χ0v) is 30.9. The molecule has 0 saturated carbocycles. The van der Waals surface area contributed by atoms with Gasteiger partial charge in [-0.2, -0.15) is 0 Å². The monoisotopic (exact) mass is 736 g/mol. The summed E-state index contributed by atoms with van der Waals surface area (Å²) in [6, 6.07) is 65.2. The van der Waals surface area contributed by atoms with Crippen molar-refractivity contribution >= 4 is 81.2 Å². The molecule has 56 heavy (non-hydrogen) atoms. The number of thiophene rings is 1. The maximum absolute atomic E-state index is 10.8. The number of benzene rings is 9. The second-order valence-corrected chi connectivity index (χ2v) is 15.2. The summed E-state index contributed by atoms with van der Waals surface area (Å²) in [5.74, 6) is 0.848. The minimum absolute atomic E-state index is 0.252. The van der Waals surface area contributed by atoms with Crippen molar-refractivity contribution < 1.29 is 9.52 Å². The SMILES string of the molecule is Oc1ccccc1-c1cccc(N(c2ccc3c(c2)sc2ccccc23)c2ccc3ccc4ccc5nc(-c6ccccc6-c6ccccc6)oc5c4c3c2)c1. The fourth-order valence-corrected chi connectivity index (χ4v) is 9.27. The van der Waals surface area contributed by atoms with Gasteiger partial charge in [-0.15, -0.1) is 11.3 Å². The van der Waals surface area contributed by atoms with Gasteiger partial charge in [-0.05, 0) is 93.5 Å². The highest BCUT2D eigenvalue weighted by Gasteiger charge is 2.20. The van der Waals surface area contributed by atoms with Crippen molar-refractivity contribution in [2.24, 2.45) is 0 Å². The van der Waals surface area contributed by atoms with Crippen molar-refractivity contribution in [2.75, 3.05) is 4.90 Å². The molecule has 11 rings (SSSR count). The molecule has 0 radical (unpaired) electrons. The molecule has 11 aromatic rings. The first-order valence-corrected chi connectivity index (χ1v) is 19.5. The van der Waals surface area contributed by atoms with E-state index in [9.17, 15) is 5.11 Å². The molecule has 2 heterocycles. The molecule has 264 valence electrons. The summed E-state index contributed by atoms with van der Waals surface area (Å²) >= 11 is 1.81. The number of aromatic hydroxyl groups is 1. The summed E-state index contributed by atoms with van der Waals surface area (Å²) in [5, 5.41) is 17.7. The standard InChI is InChI=1S/C51H32N2O2S/c54-46-19-8-6-16-40(46)35-13-10-14-36(29-35)53(38-26-27-42-41-17-7-9-20-47(41)56-48(42)31-38)37-25-23-33-21-22-34-24-28-45-50(49(34)44(33)30-37)55-51(52-45)43-18-5-4-15-39(43)32-11-2-1-3-12-32/h1-31,54H. The van der Waals surface area contributed by atoms with Crippen LogP contribution >= 0.6 is 11.3 Å². The van der Waals surface area contributed by atoms with E-state index in [0.29, 0.717) is 5.89 Å². The molecule has 5 heteroatoms. The number of fused-ring (bicyclic) bond motifs is 8. The quantitative estimate of drug-likeness (QED) is 0.173. The number of hydrogen-bond acceptors (Lipinski definition) is 5. The molecule has 0 aliphatic carbocycles. The third-order valence-corrected chi connectivity index (χ3v) is 11.9. The number of para-hydroxylation sites is 1. The van der Waals surface area contributed by atoms with Gasteiger partial charge >= 0.3 is 0 Å². The van der Waals surface area contributed by atoms with Crippen LogP contribution in [0.15, 0.2) is 192 Å². The third kappa shape index (κ3) is 5.32. The number of nitrogens with zero attached hydrogens (tertiary/aromatic N) is 2. The Morgan fingerprint density at radius 1 is 0.464 bits per heavy atom. The number of rotatable bonds is 6. The van der Waals surface area contributed by atoms with Crippen molar-refractivity contribution in [1.29, 1.82) is 0 Å². The summed E-state index contributed by atoms with van der Waals surface area (Å²) in [5.41, 5.74) is 9.49. The van der Waals surface area contributed by atoms with Crippen LogP contribution in [0.5, 0.6) is 5.75 Å². The number of anilines is 3. The smallest absolute Gasteiger partial charge is 0.227 e. The van der Waals surface area contributed by atoms with Crippen molar-refractivity contribution in [1.82, 2.24) is 4.98 Å². The highest BCUT2D eigenvalue weighted by atomic mass is 32.1. The topological polar surface area (TPSA) is 49.5 Å². The highest BCUT2D eigenvalue weighted by molar-refractivity contribution is 7.25. The average molecular weight is 737 g/mol. The van der Waals surface area contributed by atoms with E-state index in [0.717, 1.165) is 77.5 Å². The van der Waals surface area contributed by atoms with E-state index in [2.05, 4.69) is 150 Å². The van der Waals surface area contributed by atoms with Crippen LogP contribution in [0.3, 0.4) is 0 Å². The Kier molecular flexibility index (Phi) is 7.47. The maximum Gasteiger partial charge on any atom is 0.227 e. The van der Waals surface area contributed by atoms with Gasteiger partial charge in [0.05, 0.1) is 0 Å². The van der Waals surface area contributed by atoms with Gasteiger partial charge in [-0.1, -0.05) is 127 Å². The van der Waals surface area contributed by atoms with Crippen LogP contribution in [0.4, 0.5) is 17.1 Å². The van der Waals surface area contributed by atoms with Crippen LogP contribution < -0.4 is 4.90 Å². The molecule has 2 aromatic heterocycles. The fourth-order valence-electron chi connectivity index (χ4n) is 8.13. The van der Waals surface area contributed by atoms with E-state index in [1.165, 1.54) is 20.2 Å². The van der Waals surface area contributed by atoms with Gasteiger partial charge in [0, 0.05) is 53.7 Å². The highest BCUT2D eigenvalue weighted by Crippen LogP contribution is 2.44. The zero-order valence-electron chi connectivity index (χ0n) is 30.1. The molecule has 0 unspecified atom stereocenters. The van der Waals surface area contributed by atoms with E-state index in [1.807, 2.05) is 47.7 Å². The van der Waals surface area contributed by atoms with Crippen molar-refractivity contribution in [3.05, 3.63) is 188 Å². The van der Waals surface area contributed by atoms with E-state index in [4.69, 9.17) is 9.40 Å². The fraction of sp³-hybridized carbons (Fsp3) is 0. The molecule has 0 bridgehead atoms. The lowest BCUT2D eigenvalue weighted by Crippen LogP contribution is -2.10. The van der Waals surface area contributed by atoms with Crippen LogP contribution in [0.25, 0.3) is 86.5 Å². The Bertz CT molecular complexity index is 3290. The lowest BCUT2D eigenvalue weighted by atomic mass is 9.99. The number of phenols is 1. The average Bonchev–Trinajstić information content (AvgIpc) is 3.86. The maximum atomic E-state index is 10.8. The van der Waals surface area contributed by atoms with Gasteiger partial charge < -0.3 is 14.4 Å². The minimum Gasteiger partial charge on any atom is -0.507 e. The van der Waals surface area contributed by atoms with Gasteiger partial charge in [0.25, 0.3) is 0 Å². The lowest BCUT2D eigenvalue weighted by molar-refractivity contribution is 0.477. The van der Waals surface area contributed by atoms with E-state index in [-0.39, 0.29) is 5.75 Å². The first kappa shape index (κ1) is 32.2. The number of phenolic OH excluding ortho intramolecular Hbond substituents is 1. The second kappa shape index (κ2) is 13.0. The minimum atomic E-state index is 0.252. The molecule has 0 fully saturated rings. The molecular weight excluding hydrogens is 705 g/mol. The molecular formula is C51H32N2O2S. The number of hydrogen-bond donors (Lipinski definition) is 1. The Hall–Kier alpha value is -7.21. The molecule has 1 N–H and O–H groups in total. The van der Waals surface area contributed by atoms with E-state index >= 15 is 0 Å². The Morgan fingerprint density at radius 2 is 1.12 bits per heavy atom. The van der Waals surface area contributed by atoms with Crippen LogP contribution in [-0.2, 0) is 0 Å². The van der Waals surface area contributed by atoms with E-state index < -0.39 is 0 Å². The normalized spacial score (nSPS) is 11.6. The molecule has 0 aliphatic rings. The van der Waals surface area contributed by atoms with Crippen LogP contribution in [0.2, 0.25) is 0 Å². The summed E-state index contributed by atoms with van der Waals surface area (Å²) in [6.07, 6.45) is 0. The molecule has 9 aromatic carbocycles. The summed E-state index contributed by atoms with van der Waals surface area (Å²) in [7, 11) is 0. The predicted octanol–water partition coefficient (Wildman–Crippen LogP) is 14.7. The first-order chi connectivity index (χ1) is 27.7. The van der Waals surface area contributed by atoms with E-state index in [1.54, 1.807) is 6.07 Å². The van der Waals surface area contributed by atoms with Gasteiger partial charge in [-0.25, -0.2) is 4.98 Å². The first-order valence-electron chi connectivity index (χ1n) is 18.7. The van der Waals surface area contributed by atoms with Crippen molar-refractivity contribution in [2.45, 2.75) is 0 Å². The van der Waals surface area contributed by atoms with Crippen molar-refractivity contribution in [3.63, 3.8) is 0 Å². The molecule has 0 saturated heterocycles. The Balaban J connectivity index is 1.13. The lowest BCUT2D eigenvalue weighted by Gasteiger charge is -2.26. The molecule has 0 aliphatic heterocycles. The molecule has 0 atom stereocenters. The molecule has 0 amide bonds. The van der Waals surface area contributed by atoms with Gasteiger partial charge in [0.15, 0.2) is 5.58 Å². The molecule has 0 spiro atoms. The number of oxazole rings is 1. The largest absolute Gasteiger partial charge is 0.507 e. The zero-order chi connectivity index (χ0) is 37.2. The second-order valence-electron chi connectivity index (χ2n) is 14.1. The van der Waals surface area contributed by atoms with Gasteiger partial charge in [-0.3, -0.25) is 0 Å². The van der Waals surface area contributed by atoms with Gasteiger partial charge in [0.2, 0.25) is 5.89 Å². The van der Waals surface area contributed by atoms with Crippen molar-refractivity contribution in [3.8, 4) is 39.5 Å². The van der Waals surface area contributed by atoms with Crippen LogP contribution in [0.1, 0.15) is 0 Å². The Labute approximate surface area is 326 Å². The number of aromatic nitrogens is 1. The Morgan fingerprint density at radius 3 is 2.02 bits per heavy atom. The molecule has 4 nitrogen and oxygen atoms in total. The summed E-state index contributed by atoms with van der Waals surface area (Å²) in [6.45, 7) is 0. The van der Waals surface area contributed by atoms with Gasteiger partial charge in [0.1, 0.15) is 11.3 Å². The van der Waals surface area contributed by atoms with Crippen LogP contribution in [0, 0.1) is 0 Å².